The molecule has 2 heterocycles. The Hall–Kier alpha value is -3.77. The van der Waals surface area contributed by atoms with Gasteiger partial charge in [0.25, 0.3) is 0 Å². The van der Waals surface area contributed by atoms with Crippen molar-refractivity contribution in [2.75, 3.05) is 38.5 Å². The van der Waals surface area contributed by atoms with E-state index < -0.39 is 0 Å². The van der Waals surface area contributed by atoms with Gasteiger partial charge in [0.05, 0.1) is 32.2 Å². The lowest BCUT2D eigenvalue weighted by Crippen LogP contribution is -2.07. The van der Waals surface area contributed by atoms with E-state index in [0.29, 0.717) is 45.9 Å². The minimum absolute atomic E-state index is 0.592. The van der Waals surface area contributed by atoms with Crippen LogP contribution in [-0.2, 0) is 6.42 Å². The first kappa shape index (κ1) is 29.3. The monoisotopic (exact) mass is 541 g/mol. The second-order valence-corrected chi connectivity index (χ2v) is 7.21. The molecule has 0 unspecified atom stereocenters. The molecule has 186 valence electrons. The first-order valence-corrected chi connectivity index (χ1v) is 11.6. The molecule has 0 spiro atoms. The molecule has 0 aliphatic rings. The van der Waals surface area contributed by atoms with Gasteiger partial charge in [0.1, 0.15) is 21.8 Å². The highest BCUT2D eigenvalue weighted by Gasteiger charge is 2.15. The summed E-state index contributed by atoms with van der Waals surface area (Å²) in [6.45, 7) is 8.23. The van der Waals surface area contributed by atoms with Crippen LogP contribution in [0.25, 0.3) is 6.08 Å². The molecule has 0 saturated carbocycles. The third kappa shape index (κ3) is 8.50. The van der Waals surface area contributed by atoms with Gasteiger partial charge in [-0.1, -0.05) is 25.6 Å². The zero-order chi connectivity index (χ0) is 26.2. The normalized spacial score (nSPS) is 9.37. The lowest BCUT2D eigenvalue weighted by atomic mass is 10.2. The maximum Gasteiger partial charge on any atom is 0.213 e. The molecule has 2 N–H and O–H groups in total. The summed E-state index contributed by atoms with van der Waals surface area (Å²) in [5, 5.41) is 6.29. The van der Waals surface area contributed by atoms with E-state index in [-0.39, 0.29) is 0 Å². The standard InChI is InChI=1S/C15H19BrN4O2.C9H11NO.C2H2/c1-5-9-13(16)20-15(14(17-2)18-9)19-12-10(21-3)7-6-8-11(12)22-4;1-3-8-6-5-7-9(10-8)11-4-2;1-2/h6-8H,5H2,1-4H3,(H,17,18)(H,19,20);3,5-7H,1,4H2,2H3;1-2H. The summed E-state index contributed by atoms with van der Waals surface area (Å²) in [5.74, 6) is 3.24. The van der Waals surface area contributed by atoms with Crippen molar-refractivity contribution in [2.45, 2.75) is 20.3 Å². The lowest BCUT2D eigenvalue weighted by molar-refractivity contribution is 0.326. The van der Waals surface area contributed by atoms with Crippen LogP contribution in [0, 0.1) is 12.8 Å². The Bertz CT molecular complexity index is 1080. The SMILES string of the molecule is C#C.C=Cc1cccc(OCC)n1.CCc1nc(NC)c(Nc2c(OC)cccc2OC)nc1Br. The average molecular weight is 542 g/mol. The van der Waals surface area contributed by atoms with Crippen LogP contribution >= 0.6 is 15.9 Å². The average Bonchev–Trinajstić information content (AvgIpc) is 2.90. The molecule has 0 aliphatic carbocycles. The zero-order valence-corrected chi connectivity index (χ0v) is 22.3. The Morgan fingerprint density at radius 1 is 0.971 bits per heavy atom. The van der Waals surface area contributed by atoms with E-state index in [1.54, 1.807) is 20.3 Å². The van der Waals surface area contributed by atoms with E-state index in [4.69, 9.17) is 14.2 Å². The van der Waals surface area contributed by atoms with Crippen molar-refractivity contribution >= 4 is 39.3 Å². The van der Waals surface area contributed by atoms with Crippen molar-refractivity contribution in [3.05, 3.63) is 59.0 Å². The van der Waals surface area contributed by atoms with Crippen LogP contribution in [0.15, 0.2) is 47.6 Å². The number of rotatable bonds is 9. The molecule has 8 nitrogen and oxygen atoms in total. The number of terminal acetylenes is 1. The number of methoxy groups -OCH3 is 2. The van der Waals surface area contributed by atoms with Crippen LogP contribution in [-0.4, -0.2) is 42.8 Å². The molecule has 0 bridgehead atoms. The Labute approximate surface area is 216 Å². The maximum atomic E-state index is 5.39. The van der Waals surface area contributed by atoms with Crippen molar-refractivity contribution < 1.29 is 14.2 Å². The fourth-order valence-electron chi connectivity index (χ4n) is 2.80. The minimum atomic E-state index is 0.592. The summed E-state index contributed by atoms with van der Waals surface area (Å²) < 4.78 is 16.7. The number of para-hydroxylation sites is 1. The van der Waals surface area contributed by atoms with Crippen LogP contribution in [0.2, 0.25) is 0 Å². The molecule has 0 radical (unpaired) electrons. The molecule has 0 fully saturated rings. The van der Waals surface area contributed by atoms with Gasteiger partial charge < -0.3 is 24.8 Å². The summed E-state index contributed by atoms with van der Waals surface area (Å²) in [6, 6.07) is 11.2. The number of aromatic nitrogens is 3. The van der Waals surface area contributed by atoms with Crippen molar-refractivity contribution in [3.63, 3.8) is 0 Å². The number of hydrogen-bond acceptors (Lipinski definition) is 8. The van der Waals surface area contributed by atoms with Gasteiger partial charge in [0.15, 0.2) is 11.6 Å². The summed E-state index contributed by atoms with van der Waals surface area (Å²) in [5.41, 5.74) is 2.44. The van der Waals surface area contributed by atoms with Gasteiger partial charge in [-0.2, -0.15) is 0 Å². The number of pyridine rings is 1. The van der Waals surface area contributed by atoms with Gasteiger partial charge in [0.2, 0.25) is 5.88 Å². The molecule has 0 aliphatic heterocycles. The predicted molar refractivity (Wildman–Crippen MR) is 147 cm³/mol. The van der Waals surface area contributed by atoms with Crippen molar-refractivity contribution in [2.24, 2.45) is 0 Å². The third-order valence-corrected chi connectivity index (χ3v) is 5.04. The van der Waals surface area contributed by atoms with Crippen molar-refractivity contribution in [1.29, 1.82) is 0 Å². The van der Waals surface area contributed by atoms with E-state index >= 15 is 0 Å². The molecule has 9 heteroatoms. The highest BCUT2D eigenvalue weighted by Crippen LogP contribution is 2.37. The fraction of sp³-hybridized carbons (Fsp3) is 0.269. The number of hydrogen-bond donors (Lipinski definition) is 2. The van der Waals surface area contributed by atoms with Gasteiger partial charge in [-0.05, 0) is 53.5 Å². The van der Waals surface area contributed by atoms with E-state index in [9.17, 15) is 0 Å². The Balaban J connectivity index is 0.000000395. The highest BCUT2D eigenvalue weighted by molar-refractivity contribution is 9.10. The van der Waals surface area contributed by atoms with Gasteiger partial charge in [-0.3, -0.25) is 0 Å². The molecular formula is C26H32BrN5O3. The summed E-state index contributed by atoms with van der Waals surface area (Å²) in [6.07, 6.45) is 10.5. The maximum absolute atomic E-state index is 5.39. The quantitative estimate of drug-likeness (QED) is 0.320. The number of nitrogens with zero attached hydrogens (tertiary/aromatic N) is 3. The number of anilines is 3. The number of ether oxygens (including phenoxy) is 3. The van der Waals surface area contributed by atoms with Crippen LogP contribution in [0.4, 0.5) is 17.3 Å². The van der Waals surface area contributed by atoms with Crippen molar-refractivity contribution in [1.82, 2.24) is 15.0 Å². The highest BCUT2D eigenvalue weighted by atomic mass is 79.9. The van der Waals surface area contributed by atoms with Gasteiger partial charge in [-0.25, -0.2) is 15.0 Å². The number of benzene rings is 1. The summed E-state index contributed by atoms with van der Waals surface area (Å²) >= 11 is 3.45. The van der Waals surface area contributed by atoms with Crippen LogP contribution in [0.5, 0.6) is 17.4 Å². The molecule has 3 rings (SSSR count). The van der Waals surface area contributed by atoms with E-state index in [1.165, 1.54) is 0 Å². The summed E-state index contributed by atoms with van der Waals surface area (Å²) in [7, 11) is 5.03. The largest absolute Gasteiger partial charge is 0.494 e. The van der Waals surface area contributed by atoms with Crippen LogP contribution in [0.3, 0.4) is 0 Å². The Morgan fingerprint density at radius 2 is 1.60 bits per heavy atom. The number of halogens is 1. The molecular weight excluding hydrogens is 510 g/mol. The molecule has 0 saturated heterocycles. The molecule has 3 aromatic rings. The van der Waals surface area contributed by atoms with E-state index in [0.717, 1.165) is 17.8 Å². The molecule has 2 aromatic heterocycles. The Morgan fingerprint density at radius 3 is 2.11 bits per heavy atom. The number of aryl methyl sites for hydroxylation is 1. The van der Waals surface area contributed by atoms with Gasteiger partial charge in [-0.15, -0.1) is 12.8 Å². The molecule has 0 atom stereocenters. The van der Waals surface area contributed by atoms with Crippen LogP contribution < -0.4 is 24.8 Å². The first-order chi connectivity index (χ1) is 17.0. The molecule has 1 aromatic carbocycles. The predicted octanol–water partition coefficient (Wildman–Crippen LogP) is 5.98. The van der Waals surface area contributed by atoms with Gasteiger partial charge >= 0.3 is 0 Å². The Kier molecular flexibility index (Phi) is 13.3. The molecule has 35 heavy (non-hydrogen) atoms. The first-order valence-electron chi connectivity index (χ1n) is 10.8. The number of nitrogens with one attached hydrogen (secondary N) is 2. The minimum Gasteiger partial charge on any atom is -0.494 e. The topological polar surface area (TPSA) is 90.4 Å². The second-order valence-electron chi connectivity index (χ2n) is 6.46. The zero-order valence-electron chi connectivity index (χ0n) is 20.8. The van der Waals surface area contributed by atoms with Crippen LogP contribution in [0.1, 0.15) is 25.2 Å². The third-order valence-electron chi connectivity index (χ3n) is 4.41. The second kappa shape index (κ2) is 16.0. The smallest absolute Gasteiger partial charge is 0.213 e. The summed E-state index contributed by atoms with van der Waals surface area (Å²) in [4.78, 5) is 13.2. The molecule has 0 amide bonds. The van der Waals surface area contributed by atoms with Gasteiger partial charge in [0, 0.05) is 13.1 Å². The lowest BCUT2D eigenvalue weighted by Gasteiger charge is -2.16. The van der Waals surface area contributed by atoms with E-state index in [2.05, 4.69) is 60.9 Å². The van der Waals surface area contributed by atoms with Crippen molar-refractivity contribution in [3.8, 4) is 30.2 Å². The fourth-order valence-corrected chi connectivity index (χ4v) is 3.35. The van der Waals surface area contributed by atoms with E-state index in [1.807, 2.05) is 57.3 Å².